The fourth-order valence-corrected chi connectivity index (χ4v) is 3.52. The van der Waals surface area contributed by atoms with Crippen LogP contribution in [0, 0.1) is 6.92 Å². The van der Waals surface area contributed by atoms with Crippen molar-refractivity contribution in [3.63, 3.8) is 0 Å². The summed E-state index contributed by atoms with van der Waals surface area (Å²) in [5.74, 6) is -0.710. The SMILES string of the molecule is Cc1ccccc1N(CC(N)=O)S(=O)(=O)c1ccccc1. The van der Waals surface area contributed by atoms with Gasteiger partial charge >= 0.3 is 0 Å². The van der Waals surface area contributed by atoms with Gasteiger partial charge in [0.05, 0.1) is 10.6 Å². The summed E-state index contributed by atoms with van der Waals surface area (Å²) in [6, 6.07) is 14.9. The Kier molecular flexibility index (Phi) is 4.28. The van der Waals surface area contributed by atoms with Crippen molar-refractivity contribution >= 4 is 21.6 Å². The second-order valence-corrected chi connectivity index (χ2v) is 6.44. The van der Waals surface area contributed by atoms with Crippen molar-refractivity contribution in [1.29, 1.82) is 0 Å². The molecule has 0 aromatic heterocycles. The Morgan fingerprint density at radius 2 is 1.62 bits per heavy atom. The first-order valence-corrected chi connectivity index (χ1v) is 7.78. The molecule has 2 aromatic rings. The molecule has 0 radical (unpaired) electrons. The molecule has 6 heteroatoms. The lowest BCUT2D eigenvalue weighted by atomic mass is 10.2. The van der Waals surface area contributed by atoms with E-state index in [4.69, 9.17) is 5.73 Å². The van der Waals surface area contributed by atoms with Crippen LogP contribution in [0.5, 0.6) is 0 Å². The van der Waals surface area contributed by atoms with Gasteiger partial charge in [0.25, 0.3) is 10.0 Å². The monoisotopic (exact) mass is 304 g/mol. The van der Waals surface area contributed by atoms with Crippen molar-refractivity contribution in [3.05, 3.63) is 60.2 Å². The van der Waals surface area contributed by atoms with Crippen molar-refractivity contribution < 1.29 is 13.2 Å². The number of hydrogen-bond donors (Lipinski definition) is 1. The summed E-state index contributed by atoms with van der Waals surface area (Å²) in [7, 11) is -3.84. The van der Waals surface area contributed by atoms with E-state index in [1.807, 2.05) is 0 Å². The minimum Gasteiger partial charge on any atom is -0.368 e. The molecule has 5 nitrogen and oxygen atoms in total. The average Bonchev–Trinajstić information content (AvgIpc) is 2.46. The predicted octanol–water partition coefficient (Wildman–Crippen LogP) is 1.68. The van der Waals surface area contributed by atoms with Crippen molar-refractivity contribution in [1.82, 2.24) is 0 Å². The summed E-state index contributed by atoms with van der Waals surface area (Å²) in [4.78, 5) is 11.4. The number of carbonyl (C=O) groups excluding carboxylic acids is 1. The van der Waals surface area contributed by atoms with Gasteiger partial charge < -0.3 is 5.73 Å². The molecule has 0 saturated heterocycles. The van der Waals surface area contributed by atoms with E-state index in [1.165, 1.54) is 12.1 Å². The maximum absolute atomic E-state index is 12.7. The number of amides is 1. The second-order valence-electron chi connectivity index (χ2n) is 4.58. The third kappa shape index (κ3) is 3.22. The van der Waals surface area contributed by atoms with E-state index >= 15 is 0 Å². The number of aryl methyl sites for hydroxylation is 1. The van der Waals surface area contributed by atoms with E-state index in [1.54, 1.807) is 49.4 Å². The van der Waals surface area contributed by atoms with Crippen LogP contribution in [0.25, 0.3) is 0 Å². The summed E-state index contributed by atoms with van der Waals surface area (Å²) in [6.45, 7) is 1.38. The largest absolute Gasteiger partial charge is 0.368 e. The van der Waals surface area contributed by atoms with Crippen LogP contribution in [0.2, 0.25) is 0 Å². The van der Waals surface area contributed by atoms with Crippen LogP contribution in [0.3, 0.4) is 0 Å². The zero-order chi connectivity index (χ0) is 15.5. The molecule has 1 amide bonds. The molecular formula is C15H16N2O3S. The van der Waals surface area contributed by atoms with Crippen LogP contribution >= 0.6 is 0 Å². The van der Waals surface area contributed by atoms with Crippen molar-refractivity contribution in [2.45, 2.75) is 11.8 Å². The fraction of sp³-hybridized carbons (Fsp3) is 0.133. The molecule has 0 unspecified atom stereocenters. The Hall–Kier alpha value is -2.34. The van der Waals surface area contributed by atoms with E-state index in [0.29, 0.717) is 5.69 Å². The number of hydrogen-bond acceptors (Lipinski definition) is 3. The first-order valence-electron chi connectivity index (χ1n) is 6.34. The standard InChI is InChI=1S/C15H16N2O3S/c1-12-7-5-6-10-14(12)17(11-15(16)18)21(19,20)13-8-3-2-4-9-13/h2-10H,11H2,1H3,(H2,16,18). The van der Waals surface area contributed by atoms with Gasteiger partial charge in [-0.1, -0.05) is 36.4 Å². The number of primary amides is 1. The smallest absolute Gasteiger partial charge is 0.264 e. The average molecular weight is 304 g/mol. The van der Waals surface area contributed by atoms with E-state index in [-0.39, 0.29) is 4.90 Å². The molecule has 0 aliphatic heterocycles. The van der Waals surface area contributed by atoms with E-state index in [9.17, 15) is 13.2 Å². The van der Waals surface area contributed by atoms with Crippen LogP contribution in [-0.4, -0.2) is 20.9 Å². The van der Waals surface area contributed by atoms with Gasteiger partial charge in [-0.2, -0.15) is 0 Å². The summed E-state index contributed by atoms with van der Waals surface area (Å²) >= 11 is 0. The molecule has 0 bridgehead atoms. The Balaban J connectivity index is 2.56. The van der Waals surface area contributed by atoms with Crippen molar-refractivity contribution in [2.75, 3.05) is 10.8 Å². The van der Waals surface area contributed by atoms with E-state index in [0.717, 1.165) is 9.87 Å². The van der Waals surface area contributed by atoms with Gasteiger partial charge in [0, 0.05) is 0 Å². The quantitative estimate of drug-likeness (QED) is 0.912. The van der Waals surface area contributed by atoms with Crippen molar-refractivity contribution in [2.24, 2.45) is 5.73 Å². The molecule has 0 spiro atoms. The zero-order valence-corrected chi connectivity index (χ0v) is 12.4. The summed E-state index contributed by atoms with van der Waals surface area (Å²) in [5, 5.41) is 0. The highest BCUT2D eigenvalue weighted by Crippen LogP contribution is 2.26. The first-order chi connectivity index (χ1) is 9.93. The number of rotatable bonds is 5. The van der Waals surface area contributed by atoms with Gasteiger partial charge in [0.2, 0.25) is 5.91 Å². The highest BCUT2D eigenvalue weighted by Gasteiger charge is 2.27. The van der Waals surface area contributed by atoms with E-state index < -0.39 is 22.5 Å². The number of carbonyl (C=O) groups is 1. The molecule has 0 saturated carbocycles. The number of nitrogens with zero attached hydrogens (tertiary/aromatic N) is 1. The summed E-state index contributed by atoms with van der Waals surface area (Å²) < 4.78 is 26.5. The van der Waals surface area contributed by atoms with Crippen LogP contribution in [0.4, 0.5) is 5.69 Å². The van der Waals surface area contributed by atoms with Gasteiger partial charge in [-0.3, -0.25) is 9.10 Å². The van der Waals surface area contributed by atoms with Gasteiger partial charge in [-0.25, -0.2) is 8.42 Å². The molecule has 0 heterocycles. The molecule has 2 aromatic carbocycles. The lowest BCUT2D eigenvalue weighted by molar-refractivity contribution is -0.116. The third-order valence-electron chi connectivity index (χ3n) is 3.01. The first kappa shape index (κ1) is 15.1. The maximum Gasteiger partial charge on any atom is 0.264 e. The zero-order valence-electron chi connectivity index (χ0n) is 11.6. The second kappa shape index (κ2) is 5.97. The molecule has 0 fully saturated rings. The third-order valence-corrected chi connectivity index (χ3v) is 4.79. The molecule has 0 aliphatic rings. The number of anilines is 1. The van der Waals surface area contributed by atoms with Crippen LogP contribution in [-0.2, 0) is 14.8 Å². The molecular weight excluding hydrogens is 288 g/mol. The molecule has 110 valence electrons. The number of benzene rings is 2. The summed E-state index contributed by atoms with van der Waals surface area (Å²) in [5.41, 5.74) is 6.40. The topological polar surface area (TPSA) is 80.5 Å². The molecule has 2 rings (SSSR count). The highest BCUT2D eigenvalue weighted by atomic mass is 32.2. The minimum atomic E-state index is -3.84. The van der Waals surface area contributed by atoms with Crippen LogP contribution in [0.1, 0.15) is 5.56 Å². The Bertz CT molecular complexity index is 743. The van der Waals surface area contributed by atoms with Gasteiger partial charge in [-0.15, -0.1) is 0 Å². The molecule has 0 atom stereocenters. The number of nitrogens with two attached hydrogens (primary N) is 1. The Morgan fingerprint density at radius 3 is 2.19 bits per heavy atom. The lowest BCUT2D eigenvalue weighted by Crippen LogP contribution is -2.38. The van der Waals surface area contributed by atoms with Gasteiger partial charge in [0.1, 0.15) is 6.54 Å². The number of para-hydroxylation sites is 1. The van der Waals surface area contributed by atoms with Gasteiger partial charge in [0.15, 0.2) is 0 Å². The Labute approximate surface area is 124 Å². The molecule has 2 N–H and O–H groups in total. The van der Waals surface area contributed by atoms with Gasteiger partial charge in [-0.05, 0) is 30.7 Å². The normalized spacial score (nSPS) is 11.1. The highest BCUT2D eigenvalue weighted by molar-refractivity contribution is 7.92. The van der Waals surface area contributed by atoms with Crippen molar-refractivity contribution in [3.8, 4) is 0 Å². The molecule has 21 heavy (non-hydrogen) atoms. The lowest BCUT2D eigenvalue weighted by Gasteiger charge is -2.24. The summed E-state index contributed by atoms with van der Waals surface area (Å²) in [6.07, 6.45) is 0. The number of sulfonamides is 1. The maximum atomic E-state index is 12.7. The predicted molar refractivity (Wildman–Crippen MR) is 81.3 cm³/mol. The Morgan fingerprint density at radius 1 is 1.05 bits per heavy atom. The van der Waals surface area contributed by atoms with E-state index in [2.05, 4.69) is 0 Å². The fourth-order valence-electron chi connectivity index (χ4n) is 2.00. The molecule has 0 aliphatic carbocycles. The van der Waals surface area contributed by atoms with Crippen LogP contribution < -0.4 is 10.0 Å². The van der Waals surface area contributed by atoms with Crippen LogP contribution in [0.15, 0.2) is 59.5 Å². The minimum absolute atomic E-state index is 0.120.